The van der Waals surface area contributed by atoms with Gasteiger partial charge in [0.15, 0.2) is 0 Å². The lowest BCUT2D eigenvalue weighted by molar-refractivity contribution is -0.0556. The van der Waals surface area contributed by atoms with E-state index in [-0.39, 0.29) is 11.4 Å². The fraction of sp³-hybridized carbons (Fsp3) is 0.500. The first kappa shape index (κ1) is 13.0. The Morgan fingerprint density at radius 1 is 1.50 bits per heavy atom. The van der Waals surface area contributed by atoms with E-state index >= 15 is 0 Å². The third-order valence-corrected chi connectivity index (χ3v) is 3.35. The molecule has 1 aliphatic rings. The standard InChI is InChI=1S/C14H17FN2O/c1-14(2)10-18-6-5-17(14)9-12-7-11(8-16)3-4-13(12)15/h3-4,7H,5-6,9-10H2,1-2H3. The average Bonchev–Trinajstić information content (AvgIpc) is 2.34. The van der Waals surface area contributed by atoms with Crippen LogP contribution in [0.15, 0.2) is 18.2 Å². The highest BCUT2D eigenvalue weighted by atomic mass is 19.1. The van der Waals surface area contributed by atoms with Crippen LogP contribution >= 0.6 is 0 Å². The van der Waals surface area contributed by atoms with Gasteiger partial charge in [0.05, 0.1) is 24.8 Å². The molecule has 0 saturated carbocycles. The van der Waals surface area contributed by atoms with E-state index < -0.39 is 0 Å². The summed E-state index contributed by atoms with van der Waals surface area (Å²) in [7, 11) is 0. The lowest BCUT2D eigenvalue weighted by Gasteiger charge is -2.42. The molecule has 1 aliphatic heterocycles. The summed E-state index contributed by atoms with van der Waals surface area (Å²) in [5.41, 5.74) is 0.967. The predicted molar refractivity (Wildman–Crippen MR) is 66.4 cm³/mol. The Hall–Kier alpha value is -1.44. The zero-order valence-corrected chi connectivity index (χ0v) is 10.7. The largest absolute Gasteiger partial charge is 0.378 e. The molecule has 0 N–H and O–H groups in total. The molecule has 4 heteroatoms. The van der Waals surface area contributed by atoms with Crippen LogP contribution in [0.2, 0.25) is 0 Å². The van der Waals surface area contributed by atoms with E-state index in [1.807, 2.05) is 6.07 Å². The molecule has 0 unspecified atom stereocenters. The SMILES string of the molecule is CC1(C)COCCN1Cc1cc(C#N)ccc1F. The molecule has 3 nitrogen and oxygen atoms in total. The maximum absolute atomic E-state index is 13.7. The fourth-order valence-corrected chi connectivity index (χ4v) is 2.15. The number of hydrogen-bond donors (Lipinski definition) is 0. The van der Waals surface area contributed by atoms with Gasteiger partial charge in [0.1, 0.15) is 5.82 Å². The van der Waals surface area contributed by atoms with Gasteiger partial charge < -0.3 is 4.74 Å². The third-order valence-electron chi connectivity index (χ3n) is 3.35. The fourth-order valence-electron chi connectivity index (χ4n) is 2.15. The molecule has 0 bridgehead atoms. The van der Waals surface area contributed by atoms with Crippen molar-refractivity contribution in [1.82, 2.24) is 4.90 Å². The molecule has 1 aromatic carbocycles. The molecule has 0 amide bonds. The van der Waals surface area contributed by atoms with Crippen LogP contribution in [0.4, 0.5) is 4.39 Å². The van der Waals surface area contributed by atoms with Crippen molar-refractivity contribution in [3.8, 4) is 6.07 Å². The van der Waals surface area contributed by atoms with E-state index in [0.29, 0.717) is 30.9 Å². The van der Waals surface area contributed by atoms with Gasteiger partial charge in [0.25, 0.3) is 0 Å². The van der Waals surface area contributed by atoms with Gasteiger partial charge in [-0.15, -0.1) is 0 Å². The van der Waals surface area contributed by atoms with E-state index in [0.717, 1.165) is 6.54 Å². The first-order valence-corrected chi connectivity index (χ1v) is 6.04. The van der Waals surface area contributed by atoms with E-state index in [1.54, 1.807) is 6.07 Å². The highest BCUT2D eigenvalue weighted by Crippen LogP contribution is 2.23. The summed E-state index contributed by atoms with van der Waals surface area (Å²) in [5, 5.41) is 8.86. The molecule has 1 aromatic rings. The molecule has 96 valence electrons. The van der Waals surface area contributed by atoms with Gasteiger partial charge in [-0.3, -0.25) is 4.90 Å². The summed E-state index contributed by atoms with van der Waals surface area (Å²) in [4.78, 5) is 2.19. The molecular weight excluding hydrogens is 231 g/mol. The van der Waals surface area contributed by atoms with Crippen LogP contribution in [0.25, 0.3) is 0 Å². The lowest BCUT2D eigenvalue weighted by Crippen LogP contribution is -2.52. The second-order valence-corrected chi connectivity index (χ2v) is 5.20. The van der Waals surface area contributed by atoms with Crippen molar-refractivity contribution in [3.05, 3.63) is 35.1 Å². The molecule has 1 heterocycles. The van der Waals surface area contributed by atoms with Crippen LogP contribution in [0.1, 0.15) is 25.0 Å². The first-order chi connectivity index (χ1) is 8.53. The van der Waals surface area contributed by atoms with E-state index in [1.165, 1.54) is 12.1 Å². The van der Waals surface area contributed by atoms with Crippen molar-refractivity contribution in [2.45, 2.75) is 25.9 Å². The number of rotatable bonds is 2. The van der Waals surface area contributed by atoms with Crippen molar-refractivity contribution in [1.29, 1.82) is 5.26 Å². The smallest absolute Gasteiger partial charge is 0.127 e. The number of morpholine rings is 1. The molecule has 0 aliphatic carbocycles. The molecule has 1 saturated heterocycles. The normalized spacial score (nSPS) is 19.4. The van der Waals surface area contributed by atoms with Crippen molar-refractivity contribution in [3.63, 3.8) is 0 Å². The minimum absolute atomic E-state index is 0.104. The summed E-state index contributed by atoms with van der Waals surface area (Å²) in [6.45, 7) is 6.77. The van der Waals surface area contributed by atoms with Crippen molar-refractivity contribution in [2.24, 2.45) is 0 Å². The van der Waals surface area contributed by atoms with Gasteiger partial charge in [0.2, 0.25) is 0 Å². The maximum Gasteiger partial charge on any atom is 0.127 e. The Morgan fingerprint density at radius 2 is 2.28 bits per heavy atom. The summed E-state index contributed by atoms with van der Waals surface area (Å²) in [6, 6.07) is 6.53. The first-order valence-electron chi connectivity index (χ1n) is 6.04. The van der Waals surface area contributed by atoms with Crippen LogP contribution < -0.4 is 0 Å². The predicted octanol–water partition coefficient (Wildman–Crippen LogP) is 2.31. The second-order valence-electron chi connectivity index (χ2n) is 5.20. The van der Waals surface area contributed by atoms with Crippen LogP contribution in [-0.2, 0) is 11.3 Å². The summed E-state index contributed by atoms with van der Waals surface area (Å²) >= 11 is 0. The topological polar surface area (TPSA) is 36.3 Å². The molecule has 1 fully saturated rings. The van der Waals surface area contributed by atoms with E-state index in [9.17, 15) is 4.39 Å². The Balaban J connectivity index is 2.20. The number of halogens is 1. The Morgan fingerprint density at radius 3 is 2.94 bits per heavy atom. The summed E-state index contributed by atoms with van der Waals surface area (Å²) in [5.74, 6) is -0.253. The molecule has 0 aromatic heterocycles. The number of nitriles is 1. The van der Waals surface area contributed by atoms with E-state index in [4.69, 9.17) is 10.00 Å². The Kier molecular flexibility index (Phi) is 3.65. The number of benzene rings is 1. The van der Waals surface area contributed by atoms with Crippen LogP contribution in [0.5, 0.6) is 0 Å². The van der Waals surface area contributed by atoms with Gasteiger partial charge in [-0.25, -0.2) is 4.39 Å². The van der Waals surface area contributed by atoms with Gasteiger partial charge in [-0.05, 0) is 32.0 Å². The maximum atomic E-state index is 13.7. The quantitative estimate of drug-likeness (QED) is 0.805. The third kappa shape index (κ3) is 2.69. The van der Waals surface area contributed by atoms with Crippen LogP contribution in [-0.4, -0.2) is 30.2 Å². The van der Waals surface area contributed by atoms with Gasteiger partial charge in [-0.1, -0.05) is 0 Å². The van der Waals surface area contributed by atoms with Crippen molar-refractivity contribution in [2.75, 3.05) is 19.8 Å². The van der Waals surface area contributed by atoms with Crippen molar-refractivity contribution >= 4 is 0 Å². The minimum atomic E-state index is -0.253. The highest BCUT2D eigenvalue weighted by molar-refractivity contribution is 5.33. The van der Waals surface area contributed by atoms with Crippen molar-refractivity contribution < 1.29 is 9.13 Å². The highest BCUT2D eigenvalue weighted by Gasteiger charge is 2.30. The Bertz CT molecular complexity index is 479. The Labute approximate surface area is 107 Å². The van der Waals surface area contributed by atoms with Gasteiger partial charge in [-0.2, -0.15) is 5.26 Å². The molecular formula is C14H17FN2O. The zero-order valence-electron chi connectivity index (χ0n) is 10.7. The van der Waals surface area contributed by atoms with Crippen LogP contribution in [0, 0.1) is 17.1 Å². The lowest BCUT2D eigenvalue weighted by atomic mass is 10.0. The van der Waals surface area contributed by atoms with Gasteiger partial charge >= 0.3 is 0 Å². The number of nitrogens with zero attached hydrogens (tertiary/aromatic N) is 2. The summed E-state index contributed by atoms with van der Waals surface area (Å²) in [6.07, 6.45) is 0. The number of hydrogen-bond acceptors (Lipinski definition) is 3. The molecule has 0 radical (unpaired) electrons. The second kappa shape index (κ2) is 5.05. The number of ether oxygens (including phenoxy) is 1. The molecule has 0 spiro atoms. The molecule has 2 rings (SSSR count). The van der Waals surface area contributed by atoms with E-state index in [2.05, 4.69) is 18.7 Å². The van der Waals surface area contributed by atoms with Gasteiger partial charge in [0, 0.05) is 24.2 Å². The molecule has 18 heavy (non-hydrogen) atoms. The monoisotopic (exact) mass is 248 g/mol. The summed E-state index contributed by atoms with van der Waals surface area (Å²) < 4.78 is 19.2. The van der Waals surface area contributed by atoms with Crippen LogP contribution in [0.3, 0.4) is 0 Å². The zero-order chi connectivity index (χ0) is 13.2. The minimum Gasteiger partial charge on any atom is -0.378 e. The average molecular weight is 248 g/mol. The molecule has 0 atom stereocenters.